The summed E-state index contributed by atoms with van der Waals surface area (Å²) >= 11 is 5.90. The monoisotopic (exact) mass is 377 g/mol. The van der Waals surface area contributed by atoms with Crippen molar-refractivity contribution in [2.75, 3.05) is 32.1 Å². The Hall–Kier alpha value is -2.15. The lowest BCUT2D eigenvalue weighted by molar-refractivity contribution is -0.117. The molecule has 1 aliphatic rings. The highest BCUT2D eigenvalue weighted by Crippen LogP contribution is 2.31. The van der Waals surface area contributed by atoms with Crippen LogP contribution in [0.25, 0.3) is 0 Å². The van der Waals surface area contributed by atoms with E-state index in [-0.39, 0.29) is 30.5 Å². The van der Waals surface area contributed by atoms with E-state index < -0.39 is 0 Å². The number of rotatable bonds is 4. The zero-order valence-corrected chi connectivity index (χ0v) is 15.7. The van der Waals surface area contributed by atoms with Crippen molar-refractivity contribution in [2.45, 2.75) is 18.9 Å². The minimum absolute atomic E-state index is 0.0469. The lowest BCUT2D eigenvalue weighted by Crippen LogP contribution is -2.33. The fraction of sp³-hybridized carbons (Fsp3) is 0.368. The molecule has 0 saturated carbocycles. The number of aliphatic hydroxyl groups excluding tert-OH is 1. The first-order chi connectivity index (χ1) is 12.5. The van der Waals surface area contributed by atoms with E-state index in [1.165, 1.54) is 9.47 Å². The third kappa shape index (κ3) is 4.72. The highest BCUT2D eigenvalue weighted by molar-refractivity contribution is 6.30. The average Bonchev–Trinajstić information content (AvgIpc) is 3.00. The Bertz CT molecular complexity index is 789. The van der Waals surface area contributed by atoms with E-state index in [1.54, 1.807) is 30.5 Å². The topological polar surface area (TPSA) is 74.6 Å². The number of anilines is 1. The molecule has 1 aromatic carbocycles. The standard InChI is InChI=1S/C17H17ClN2O3.C2H7N/c18-14-5-3-12(4-6-14)13-10-16(22)20(11-13)15-2-1-7-19(8-9-21)17(15)23;1-3-2/h1-7,13,21H,8-11H2;3H,1-2H3. The average molecular weight is 378 g/mol. The summed E-state index contributed by atoms with van der Waals surface area (Å²) in [6, 6.07) is 10.8. The van der Waals surface area contributed by atoms with Crippen LogP contribution in [0.2, 0.25) is 5.02 Å². The summed E-state index contributed by atoms with van der Waals surface area (Å²) in [6.45, 7) is 0.568. The van der Waals surface area contributed by atoms with Crippen LogP contribution in [0.5, 0.6) is 0 Å². The molecule has 1 fully saturated rings. The number of pyridine rings is 1. The minimum atomic E-state index is -0.258. The van der Waals surface area contributed by atoms with Crippen molar-refractivity contribution in [3.05, 3.63) is 63.5 Å². The lowest BCUT2D eigenvalue weighted by atomic mass is 9.98. The molecule has 6 nitrogen and oxygen atoms in total. The van der Waals surface area contributed by atoms with E-state index >= 15 is 0 Å². The van der Waals surface area contributed by atoms with Crippen LogP contribution in [0.3, 0.4) is 0 Å². The van der Waals surface area contributed by atoms with E-state index in [1.807, 2.05) is 26.2 Å². The summed E-state index contributed by atoms with van der Waals surface area (Å²) in [6.07, 6.45) is 1.98. The molecule has 0 aliphatic carbocycles. The fourth-order valence-corrected chi connectivity index (χ4v) is 3.04. The number of aromatic nitrogens is 1. The predicted molar refractivity (Wildman–Crippen MR) is 104 cm³/mol. The molecule has 1 aromatic heterocycles. The van der Waals surface area contributed by atoms with Gasteiger partial charge in [0.15, 0.2) is 0 Å². The van der Waals surface area contributed by atoms with E-state index in [2.05, 4.69) is 5.32 Å². The molecule has 1 unspecified atom stereocenters. The van der Waals surface area contributed by atoms with Crippen molar-refractivity contribution in [2.24, 2.45) is 0 Å². The Labute approximate surface area is 158 Å². The maximum absolute atomic E-state index is 12.4. The van der Waals surface area contributed by atoms with Crippen molar-refractivity contribution in [3.63, 3.8) is 0 Å². The molecule has 1 atom stereocenters. The molecule has 0 bridgehead atoms. The summed E-state index contributed by atoms with van der Waals surface area (Å²) in [4.78, 5) is 26.3. The van der Waals surface area contributed by atoms with Gasteiger partial charge in [-0.1, -0.05) is 23.7 Å². The second-order valence-electron chi connectivity index (χ2n) is 6.07. The number of carbonyl (C=O) groups is 1. The largest absolute Gasteiger partial charge is 0.395 e. The van der Waals surface area contributed by atoms with Gasteiger partial charge in [-0.2, -0.15) is 0 Å². The van der Waals surface area contributed by atoms with Crippen LogP contribution in [0.1, 0.15) is 17.9 Å². The summed E-state index contributed by atoms with van der Waals surface area (Å²) in [5, 5.41) is 12.4. The van der Waals surface area contributed by atoms with Crippen LogP contribution in [0, 0.1) is 0 Å². The molecular formula is C19H24ClN3O3. The Balaban J connectivity index is 0.000000758. The normalized spacial score (nSPS) is 16.4. The number of nitrogens with zero attached hydrogens (tertiary/aromatic N) is 2. The fourth-order valence-electron chi connectivity index (χ4n) is 2.91. The summed E-state index contributed by atoms with van der Waals surface area (Å²) in [5.74, 6) is -0.0190. The molecule has 2 aromatic rings. The predicted octanol–water partition coefficient (Wildman–Crippen LogP) is 1.85. The van der Waals surface area contributed by atoms with Crippen molar-refractivity contribution in [3.8, 4) is 0 Å². The zero-order chi connectivity index (χ0) is 19.1. The Kier molecular flexibility index (Phi) is 7.38. The molecule has 1 saturated heterocycles. The van der Waals surface area contributed by atoms with Gasteiger partial charge in [0.2, 0.25) is 5.91 Å². The van der Waals surface area contributed by atoms with Gasteiger partial charge in [0.1, 0.15) is 5.69 Å². The van der Waals surface area contributed by atoms with Gasteiger partial charge in [0, 0.05) is 36.6 Å². The Morgan fingerprint density at radius 2 is 1.85 bits per heavy atom. The van der Waals surface area contributed by atoms with Crippen molar-refractivity contribution in [1.29, 1.82) is 0 Å². The van der Waals surface area contributed by atoms with Gasteiger partial charge in [0.25, 0.3) is 5.56 Å². The first-order valence-corrected chi connectivity index (χ1v) is 8.84. The molecule has 2 heterocycles. The van der Waals surface area contributed by atoms with Crippen LogP contribution < -0.4 is 15.8 Å². The highest BCUT2D eigenvalue weighted by Gasteiger charge is 2.33. The summed E-state index contributed by atoms with van der Waals surface area (Å²) in [5.41, 5.74) is 1.14. The molecule has 140 valence electrons. The van der Waals surface area contributed by atoms with E-state index in [4.69, 9.17) is 16.7 Å². The van der Waals surface area contributed by atoms with Crippen molar-refractivity contribution in [1.82, 2.24) is 9.88 Å². The van der Waals surface area contributed by atoms with Gasteiger partial charge in [0.05, 0.1) is 6.61 Å². The molecule has 0 radical (unpaired) electrons. The van der Waals surface area contributed by atoms with Gasteiger partial charge in [-0.25, -0.2) is 0 Å². The molecule has 3 rings (SSSR count). The third-order valence-electron chi connectivity index (χ3n) is 4.10. The van der Waals surface area contributed by atoms with Crippen LogP contribution >= 0.6 is 11.6 Å². The maximum atomic E-state index is 12.4. The van der Waals surface area contributed by atoms with Crippen LogP contribution in [0.15, 0.2) is 47.4 Å². The molecule has 0 spiro atoms. The highest BCUT2D eigenvalue weighted by atomic mass is 35.5. The molecular weight excluding hydrogens is 354 g/mol. The summed E-state index contributed by atoms with van der Waals surface area (Å²) < 4.78 is 1.41. The molecule has 7 heteroatoms. The zero-order valence-electron chi connectivity index (χ0n) is 15.0. The van der Waals surface area contributed by atoms with Gasteiger partial charge in [-0.05, 0) is 43.9 Å². The first kappa shape index (κ1) is 20.2. The summed E-state index contributed by atoms with van der Waals surface area (Å²) in [7, 11) is 3.75. The van der Waals surface area contributed by atoms with Crippen molar-refractivity contribution < 1.29 is 9.90 Å². The van der Waals surface area contributed by atoms with Crippen LogP contribution in [-0.2, 0) is 11.3 Å². The smallest absolute Gasteiger partial charge is 0.274 e. The number of nitrogens with one attached hydrogen (secondary N) is 1. The second kappa shape index (κ2) is 9.52. The first-order valence-electron chi connectivity index (χ1n) is 8.46. The molecule has 1 aliphatic heterocycles. The number of amides is 1. The lowest BCUT2D eigenvalue weighted by Gasteiger charge is -2.17. The van der Waals surface area contributed by atoms with E-state index in [0.29, 0.717) is 23.7 Å². The second-order valence-corrected chi connectivity index (χ2v) is 6.51. The Morgan fingerprint density at radius 3 is 2.46 bits per heavy atom. The Morgan fingerprint density at radius 1 is 1.19 bits per heavy atom. The number of hydrogen-bond donors (Lipinski definition) is 2. The van der Waals surface area contributed by atoms with E-state index in [9.17, 15) is 9.59 Å². The van der Waals surface area contributed by atoms with Gasteiger partial charge < -0.3 is 19.9 Å². The third-order valence-corrected chi connectivity index (χ3v) is 4.35. The minimum Gasteiger partial charge on any atom is -0.395 e. The maximum Gasteiger partial charge on any atom is 0.274 e. The van der Waals surface area contributed by atoms with Crippen molar-refractivity contribution >= 4 is 23.2 Å². The van der Waals surface area contributed by atoms with E-state index in [0.717, 1.165) is 5.56 Å². The van der Waals surface area contributed by atoms with Gasteiger partial charge >= 0.3 is 0 Å². The number of benzene rings is 1. The SMILES string of the molecule is CNC.O=C1CC(c2ccc(Cl)cc2)CN1c1cccn(CCO)c1=O. The number of carbonyl (C=O) groups excluding carboxylic acids is 1. The number of hydrogen-bond acceptors (Lipinski definition) is 4. The molecule has 26 heavy (non-hydrogen) atoms. The quantitative estimate of drug-likeness (QED) is 0.852. The van der Waals surface area contributed by atoms with Gasteiger partial charge in [-0.3, -0.25) is 9.59 Å². The number of halogens is 1. The molecule has 2 N–H and O–H groups in total. The van der Waals surface area contributed by atoms with Crippen LogP contribution in [-0.4, -0.2) is 42.8 Å². The number of aliphatic hydroxyl groups is 1. The van der Waals surface area contributed by atoms with Gasteiger partial charge in [-0.15, -0.1) is 0 Å². The van der Waals surface area contributed by atoms with Crippen LogP contribution in [0.4, 0.5) is 5.69 Å². The molecule has 1 amide bonds.